The molecule has 1 amide bonds. The summed E-state index contributed by atoms with van der Waals surface area (Å²) in [5, 5.41) is 16.4. The highest BCUT2D eigenvalue weighted by Gasteiger charge is 2.19. The zero-order chi connectivity index (χ0) is 21.8. The van der Waals surface area contributed by atoms with E-state index in [0.717, 1.165) is 22.1 Å². The highest BCUT2D eigenvalue weighted by Crippen LogP contribution is 2.37. The van der Waals surface area contributed by atoms with Crippen molar-refractivity contribution in [1.29, 1.82) is 0 Å². The average Bonchev–Trinajstić information content (AvgIpc) is 3.30. The molecule has 0 atom stereocenters. The Labute approximate surface area is 182 Å². The molecule has 1 N–H and O–H groups in total. The number of pyridine rings is 1. The van der Waals surface area contributed by atoms with Gasteiger partial charge in [-0.05, 0) is 42.8 Å². The molecule has 0 unspecified atom stereocenters. The van der Waals surface area contributed by atoms with Crippen LogP contribution in [0.15, 0.2) is 78.6 Å². The highest BCUT2D eigenvalue weighted by molar-refractivity contribution is 7.13. The van der Waals surface area contributed by atoms with Gasteiger partial charge < -0.3 is 5.32 Å². The van der Waals surface area contributed by atoms with Crippen molar-refractivity contribution in [2.75, 3.05) is 10.2 Å². The van der Waals surface area contributed by atoms with Gasteiger partial charge in [0.1, 0.15) is 0 Å². The summed E-state index contributed by atoms with van der Waals surface area (Å²) < 4.78 is 0. The highest BCUT2D eigenvalue weighted by atomic mass is 32.1. The number of nitrogens with one attached hydrogen (secondary N) is 1. The maximum Gasteiger partial charge on any atom is 0.271 e. The number of nitro benzene ring substituents is 1. The fourth-order valence-corrected chi connectivity index (χ4v) is 3.74. The lowest BCUT2D eigenvalue weighted by Gasteiger charge is -2.24. The van der Waals surface area contributed by atoms with Crippen LogP contribution in [0, 0.1) is 17.0 Å². The van der Waals surface area contributed by atoms with E-state index in [1.165, 1.54) is 29.5 Å². The molecule has 4 rings (SSSR count). The summed E-state index contributed by atoms with van der Waals surface area (Å²) in [4.78, 5) is 33.9. The molecule has 0 aliphatic heterocycles. The van der Waals surface area contributed by atoms with Crippen LogP contribution in [0.4, 0.5) is 27.9 Å². The molecule has 4 aromatic rings. The van der Waals surface area contributed by atoms with E-state index in [2.05, 4.69) is 15.3 Å². The molecule has 0 aliphatic carbocycles. The summed E-state index contributed by atoms with van der Waals surface area (Å²) in [7, 11) is 0. The Morgan fingerprint density at radius 2 is 1.90 bits per heavy atom. The van der Waals surface area contributed by atoms with E-state index >= 15 is 0 Å². The first-order valence-corrected chi connectivity index (χ1v) is 10.2. The van der Waals surface area contributed by atoms with Gasteiger partial charge in [-0.2, -0.15) is 0 Å². The number of aryl methyl sites for hydroxylation is 1. The summed E-state index contributed by atoms with van der Waals surface area (Å²) >= 11 is 1.48. The van der Waals surface area contributed by atoms with Gasteiger partial charge in [0, 0.05) is 47.4 Å². The van der Waals surface area contributed by atoms with Gasteiger partial charge in [-0.3, -0.25) is 24.8 Å². The van der Waals surface area contributed by atoms with Crippen LogP contribution >= 0.6 is 11.3 Å². The van der Waals surface area contributed by atoms with Crippen molar-refractivity contribution in [3.05, 3.63) is 99.8 Å². The third-order valence-corrected chi connectivity index (χ3v) is 5.32. The summed E-state index contributed by atoms with van der Waals surface area (Å²) in [6, 6.07) is 14.9. The molecule has 0 saturated carbocycles. The van der Waals surface area contributed by atoms with E-state index in [1.54, 1.807) is 36.8 Å². The Kier molecular flexibility index (Phi) is 5.67. The third kappa shape index (κ3) is 4.41. The molecule has 2 heterocycles. The minimum atomic E-state index is -0.500. The summed E-state index contributed by atoms with van der Waals surface area (Å²) in [6.07, 6.45) is 5.12. The van der Waals surface area contributed by atoms with E-state index in [9.17, 15) is 14.9 Å². The number of hydrogen-bond donors (Lipinski definition) is 1. The monoisotopic (exact) mass is 431 g/mol. The summed E-state index contributed by atoms with van der Waals surface area (Å²) in [6.45, 7) is 1.96. The van der Waals surface area contributed by atoms with Crippen molar-refractivity contribution in [2.45, 2.75) is 6.92 Å². The van der Waals surface area contributed by atoms with Crippen molar-refractivity contribution in [3.63, 3.8) is 0 Å². The standard InChI is InChI=1S/C22H17N5O3S/c1-15-5-6-16(21(28)25-17-3-2-4-19(14-17)27(29)30)13-20(15)26(22-24-11-12-31-22)18-7-9-23-10-8-18/h2-14H,1H3,(H,25,28). The fourth-order valence-electron chi connectivity index (χ4n) is 3.06. The van der Waals surface area contributed by atoms with Gasteiger partial charge in [0.05, 0.1) is 16.3 Å². The second-order valence-electron chi connectivity index (χ2n) is 6.62. The largest absolute Gasteiger partial charge is 0.322 e. The molecule has 0 bridgehead atoms. The Morgan fingerprint density at radius 1 is 1.10 bits per heavy atom. The van der Waals surface area contributed by atoms with Gasteiger partial charge in [-0.25, -0.2) is 4.98 Å². The first-order valence-electron chi connectivity index (χ1n) is 9.29. The summed E-state index contributed by atoms with van der Waals surface area (Å²) in [5.74, 6) is -0.365. The number of hydrogen-bond acceptors (Lipinski definition) is 7. The van der Waals surface area contributed by atoms with Crippen molar-refractivity contribution >= 4 is 45.1 Å². The lowest BCUT2D eigenvalue weighted by molar-refractivity contribution is -0.384. The van der Waals surface area contributed by atoms with Crippen LogP contribution in [0.3, 0.4) is 0 Å². The van der Waals surface area contributed by atoms with Gasteiger partial charge in [0.15, 0.2) is 5.13 Å². The van der Waals surface area contributed by atoms with Crippen LogP contribution < -0.4 is 10.2 Å². The number of thiazole rings is 1. The molecule has 0 aliphatic rings. The molecule has 2 aromatic carbocycles. The topological polar surface area (TPSA) is 101 Å². The zero-order valence-corrected chi connectivity index (χ0v) is 17.2. The van der Waals surface area contributed by atoms with Crippen LogP contribution in [0.1, 0.15) is 15.9 Å². The number of nitrogens with zero attached hydrogens (tertiary/aromatic N) is 4. The Bertz CT molecular complexity index is 1230. The van der Waals surface area contributed by atoms with Gasteiger partial charge in [-0.1, -0.05) is 12.1 Å². The van der Waals surface area contributed by atoms with Gasteiger partial charge in [0.2, 0.25) is 0 Å². The van der Waals surface area contributed by atoms with Gasteiger partial charge in [-0.15, -0.1) is 11.3 Å². The SMILES string of the molecule is Cc1ccc(C(=O)Nc2cccc([N+](=O)[O-])c2)cc1N(c1ccncc1)c1nccs1. The maximum atomic E-state index is 12.9. The summed E-state index contributed by atoms with van der Waals surface area (Å²) in [5.41, 5.74) is 3.31. The van der Waals surface area contributed by atoms with Crippen molar-refractivity contribution < 1.29 is 9.72 Å². The number of rotatable bonds is 6. The first kappa shape index (κ1) is 20.2. The predicted molar refractivity (Wildman–Crippen MR) is 120 cm³/mol. The third-order valence-electron chi connectivity index (χ3n) is 4.56. The Hall–Kier alpha value is -4.11. The van der Waals surface area contributed by atoms with E-state index in [0.29, 0.717) is 11.3 Å². The fraction of sp³-hybridized carbons (Fsp3) is 0.0455. The zero-order valence-electron chi connectivity index (χ0n) is 16.4. The van der Waals surface area contributed by atoms with E-state index in [4.69, 9.17) is 0 Å². The number of amides is 1. The molecule has 0 fully saturated rings. The number of carbonyl (C=O) groups excluding carboxylic acids is 1. The van der Waals surface area contributed by atoms with Crippen molar-refractivity contribution in [3.8, 4) is 0 Å². The van der Waals surface area contributed by atoms with Gasteiger partial charge >= 0.3 is 0 Å². The minimum absolute atomic E-state index is 0.0879. The molecule has 31 heavy (non-hydrogen) atoms. The molecule has 2 aromatic heterocycles. The maximum absolute atomic E-state index is 12.9. The second-order valence-corrected chi connectivity index (χ2v) is 7.49. The molecule has 154 valence electrons. The number of aromatic nitrogens is 2. The number of anilines is 4. The van der Waals surface area contributed by atoms with Crippen molar-refractivity contribution in [2.24, 2.45) is 0 Å². The molecule has 9 heteroatoms. The predicted octanol–water partition coefficient (Wildman–Crippen LogP) is 5.48. The van der Waals surface area contributed by atoms with Crippen LogP contribution in [0.2, 0.25) is 0 Å². The van der Waals surface area contributed by atoms with Crippen LogP contribution in [-0.2, 0) is 0 Å². The Balaban J connectivity index is 1.70. The molecular formula is C22H17N5O3S. The molecule has 0 saturated heterocycles. The van der Waals surface area contributed by atoms with Crippen LogP contribution in [0.25, 0.3) is 0 Å². The lowest BCUT2D eigenvalue weighted by atomic mass is 10.1. The number of non-ortho nitro benzene ring substituents is 1. The van der Waals surface area contributed by atoms with E-state index in [1.807, 2.05) is 35.4 Å². The number of nitro groups is 1. The van der Waals surface area contributed by atoms with E-state index in [-0.39, 0.29) is 11.6 Å². The van der Waals surface area contributed by atoms with E-state index < -0.39 is 4.92 Å². The molecule has 8 nitrogen and oxygen atoms in total. The molecule has 0 spiro atoms. The average molecular weight is 431 g/mol. The number of benzene rings is 2. The first-order chi connectivity index (χ1) is 15.0. The smallest absolute Gasteiger partial charge is 0.271 e. The molecular weight excluding hydrogens is 414 g/mol. The number of carbonyl (C=O) groups is 1. The Morgan fingerprint density at radius 3 is 2.61 bits per heavy atom. The van der Waals surface area contributed by atoms with Gasteiger partial charge in [0.25, 0.3) is 11.6 Å². The molecule has 0 radical (unpaired) electrons. The van der Waals surface area contributed by atoms with Crippen LogP contribution in [-0.4, -0.2) is 20.8 Å². The van der Waals surface area contributed by atoms with Crippen LogP contribution in [0.5, 0.6) is 0 Å². The van der Waals surface area contributed by atoms with Crippen molar-refractivity contribution in [1.82, 2.24) is 9.97 Å². The lowest BCUT2D eigenvalue weighted by Crippen LogP contribution is -2.15. The normalized spacial score (nSPS) is 10.5. The second kappa shape index (κ2) is 8.72. The quantitative estimate of drug-likeness (QED) is 0.321. The minimum Gasteiger partial charge on any atom is -0.322 e.